The van der Waals surface area contributed by atoms with Crippen LogP contribution in [0.5, 0.6) is 0 Å². The molecule has 4 atom stereocenters. The van der Waals surface area contributed by atoms with E-state index in [0.29, 0.717) is 17.6 Å². The molecule has 4 aliphatic rings. The molecule has 0 aromatic carbocycles. The van der Waals surface area contributed by atoms with Gasteiger partial charge in [0.15, 0.2) is 0 Å². The van der Waals surface area contributed by atoms with Crippen molar-refractivity contribution in [2.24, 2.45) is 23.7 Å². The second kappa shape index (κ2) is 2.47. The maximum absolute atomic E-state index is 11.5. The van der Waals surface area contributed by atoms with Crippen LogP contribution in [-0.4, -0.2) is 23.9 Å². The summed E-state index contributed by atoms with van der Waals surface area (Å²) < 4.78 is 9.11. The quantitative estimate of drug-likeness (QED) is 0.408. The van der Waals surface area contributed by atoms with E-state index in [0.717, 1.165) is 0 Å². The molecule has 6 nitrogen and oxygen atoms in total. The fourth-order valence-electron chi connectivity index (χ4n) is 3.64. The summed E-state index contributed by atoms with van der Waals surface area (Å²) in [6.45, 7) is 0. The maximum atomic E-state index is 11.5. The van der Waals surface area contributed by atoms with Crippen LogP contribution in [-0.2, 0) is 28.7 Å². The molecule has 86 valence electrons. The third-order valence-corrected chi connectivity index (χ3v) is 4.16. The molecule has 0 aromatic heterocycles. The lowest BCUT2D eigenvalue weighted by atomic mass is 9.78. The van der Waals surface area contributed by atoms with Gasteiger partial charge in [-0.15, -0.1) is 0 Å². The average Bonchev–Trinajstić information content (AvgIpc) is 2.92. The van der Waals surface area contributed by atoms with Gasteiger partial charge >= 0.3 is 23.9 Å². The largest absolute Gasteiger partial charge is 0.393 e. The van der Waals surface area contributed by atoms with Gasteiger partial charge in [-0.25, -0.2) is 9.59 Å². The van der Waals surface area contributed by atoms with Crippen molar-refractivity contribution in [2.45, 2.75) is 6.42 Å². The molecule has 0 N–H and O–H groups in total. The summed E-state index contributed by atoms with van der Waals surface area (Å²) in [5.74, 6) is -4.42. The third kappa shape index (κ3) is 0.810. The number of hydrogen-bond donors (Lipinski definition) is 0. The van der Waals surface area contributed by atoms with E-state index in [9.17, 15) is 19.2 Å². The van der Waals surface area contributed by atoms with Gasteiger partial charge < -0.3 is 9.47 Å². The monoisotopic (exact) mass is 234 g/mol. The van der Waals surface area contributed by atoms with E-state index in [-0.39, 0.29) is 11.8 Å². The minimum Gasteiger partial charge on any atom is -0.393 e. The van der Waals surface area contributed by atoms with Gasteiger partial charge in [-0.1, -0.05) is 0 Å². The topological polar surface area (TPSA) is 86.7 Å². The molecule has 17 heavy (non-hydrogen) atoms. The highest BCUT2D eigenvalue weighted by molar-refractivity contribution is 6.16. The van der Waals surface area contributed by atoms with Crippen LogP contribution in [0.1, 0.15) is 6.42 Å². The van der Waals surface area contributed by atoms with E-state index in [1.165, 1.54) is 0 Å². The number of fused-ring (bicyclic) bond motifs is 7. The zero-order chi connectivity index (χ0) is 11.9. The molecular formula is C11H6O6. The number of ether oxygens (including phenoxy) is 2. The minimum atomic E-state index is -0.664. The maximum Gasteiger partial charge on any atom is 0.342 e. The van der Waals surface area contributed by atoms with Gasteiger partial charge in [-0.2, -0.15) is 0 Å². The highest BCUT2D eigenvalue weighted by Gasteiger charge is 2.67. The number of carbonyl (C=O) groups excluding carboxylic acids is 4. The first-order valence-corrected chi connectivity index (χ1v) is 5.35. The molecule has 2 aliphatic heterocycles. The fraction of sp³-hybridized carbons (Fsp3) is 0.455. The molecule has 4 rings (SSSR count). The Hall–Kier alpha value is -1.98. The summed E-state index contributed by atoms with van der Waals surface area (Å²) in [6, 6.07) is 0. The van der Waals surface area contributed by atoms with Gasteiger partial charge in [-0.3, -0.25) is 9.59 Å². The molecule has 0 radical (unpaired) electrons. The molecule has 2 aliphatic carbocycles. The normalized spacial score (nSPS) is 41.9. The van der Waals surface area contributed by atoms with Crippen molar-refractivity contribution in [3.63, 3.8) is 0 Å². The zero-order valence-electron chi connectivity index (χ0n) is 8.47. The molecule has 4 unspecified atom stereocenters. The van der Waals surface area contributed by atoms with Crippen LogP contribution in [0.4, 0.5) is 0 Å². The highest BCUT2D eigenvalue weighted by Crippen LogP contribution is 2.59. The SMILES string of the molecule is O=C1OC(=O)C2=C1C1CC2C2C(=O)OC(=O)C12. The molecule has 2 bridgehead atoms. The van der Waals surface area contributed by atoms with Crippen molar-refractivity contribution in [1.29, 1.82) is 0 Å². The predicted octanol–water partition coefficient (Wildman–Crippen LogP) is -0.668. The Balaban J connectivity index is 1.90. The Morgan fingerprint density at radius 3 is 1.71 bits per heavy atom. The third-order valence-electron chi connectivity index (χ3n) is 4.16. The number of carbonyl (C=O) groups is 4. The lowest BCUT2D eigenvalue weighted by Crippen LogP contribution is -2.27. The van der Waals surface area contributed by atoms with Gasteiger partial charge in [-0.05, 0) is 6.42 Å². The number of rotatable bonds is 0. The molecule has 0 aromatic rings. The summed E-state index contributed by atoms with van der Waals surface area (Å²) in [4.78, 5) is 46.0. The number of esters is 4. The Labute approximate surface area is 94.5 Å². The van der Waals surface area contributed by atoms with Crippen molar-refractivity contribution >= 4 is 23.9 Å². The Morgan fingerprint density at radius 1 is 0.765 bits per heavy atom. The van der Waals surface area contributed by atoms with Crippen LogP contribution in [0, 0.1) is 23.7 Å². The molecule has 2 fully saturated rings. The summed E-state index contributed by atoms with van der Waals surface area (Å²) >= 11 is 0. The van der Waals surface area contributed by atoms with Gasteiger partial charge in [0.1, 0.15) is 0 Å². The van der Waals surface area contributed by atoms with Crippen molar-refractivity contribution in [1.82, 2.24) is 0 Å². The van der Waals surface area contributed by atoms with Gasteiger partial charge in [0.2, 0.25) is 0 Å². The van der Waals surface area contributed by atoms with Crippen LogP contribution in [0.15, 0.2) is 11.1 Å². The first kappa shape index (κ1) is 9.09. The molecule has 0 spiro atoms. The number of cyclic esters (lactones) is 4. The van der Waals surface area contributed by atoms with E-state index in [1.54, 1.807) is 0 Å². The van der Waals surface area contributed by atoms with E-state index in [2.05, 4.69) is 9.47 Å². The van der Waals surface area contributed by atoms with Crippen LogP contribution in [0.3, 0.4) is 0 Å². The van der Waals surface area contributed by atoms with Crippen molar-refractivity contribution in [3.05, 3.63) is 11.1 Å². The highest BCUT2D eigenvalue weighted by atomic mass is 16.6. The molecule has 6 heteroatoms. The van der Waals surface area contributed by atoms with Crippen molar-refractivity contribution < 1.29 is 28.7 Å². The second-order valence-corrected chi connectivity index (χ2v) is 4.74. The second-order valence-electron chi connectivity index (χ2n) is 4.74. The van der Waals surface area contributed by atoms with E-state index >= 15 is 0 Å². The summed E-state index contributed by atoms with van der Waals surface area (Å²) in [6.07, 6.45) is 0.502. The summed E-state index contributed by atoms with van der Waals surface area (Å²) in [7, 11) is 0. The Morgan fingerprint density at radius 2 is 1.24 bits per heavy atom. The van der Waals surface area contributed by atoms with Gasteiger partial charge in [0.05, 0.1) is 23.0 Å². The van der Waals surface area contributed by atoms with E-state index in [1.807, 2.05) is 0 Å². The van der Waals surface area contributed by atoms with Crippen molar-refractivity contribution in [2.75, 3.05) is 0 Å². The minimum absolute atomic E-state index is 0.299. The standard InChI is InChI=1S/C11H6O6/c12-8-4-2-1-3(6(4)10(14)16-8)7-5(2)9(13)17-11(7)15/h2-4,6H,1H2. The lowest BCUT2D eigenvalue weighted by Gasteiger charge is -2.17. The molecule has 1 saturated carbocycles. The summed E-state index contributed by atoms with van der Waals surface area (Å²) in [5, 5.41) is 0. The summed E-state index contributed by atoms with van der Waals surface area (Å²) in [5.41, 5.74) is 0.598. The smallest absolute Gasteiger partial charge is 0.342 e. The Kier molecular flexibility index (Phi) is 1.32. The van der Waals surface area contributed by atoms with Gasteiger partial charge in [0, 0.05) is 11.8 Å². The predicted molar refractivity (Wildman–Crippen MR) is 47.8 cm³/mol. The average molecular weight is 234 g/mol. The zero-order valence-corrected chi connectivity index (χ0v) is 8.47. The lowest BCUT2D eigenvalue weighted by molar-refractivity contribution is -0.154. The molecule has 0 amide bonds. The van der Waals surface area contributed by atoms with Gasteiger partial charge in [0.25, 0.3) is 0 Å². The van der Waals surface area contributed by atoms with Crippen LogP contribution < -0.4 is 0 Å². The van der Waals surface area contributed by atoms with Crippen LogP contribution in [0.25, 0.3) is 0 Å². The fourth-order valence-corrected chi connectivity index (χ4v) is 3.64. The Bertz CT molecular complexity index is 510. The molecule has 2 heterocycles. The van der Waals surface area contributed by atoms with Crippen molar-refractivity contribution in [3.8, 4) is 0 Å². The van der Waals surface area contributed by atoms with Crippen LogP contribution in [0.2, 0.25) is 0 Å². The van der Waals surface area contributed by atoms with Crippen LogP contribution >= 0.6 is 0 Å². The van der Waals surface area contributed by atoms with E-state index < -0.39 is 35.7 Å². The molecule has 1 saturated heterocycles. The molecular weight excluding hydrogens is 228 g/mol. The van der Waals surface area contributed by atoms with E-state index in [4.69, 9.17) is 0 Å². The number of hydrogen-bond acceptors (Lipinski definition) is 6. The first-order chi connectivity index (χ1) is 8.09. The first-order valence-electron chi connectivity index (χ1n) is 5.35.